The van der Waals surface area contributed by atoms with E-state index in [2.05, 4.69) is 33.8 Å². The van der Waals surface area contributed by atoms with Gasteiger partial charge in [-0.05, 0) is 48.7 Å². The van der Waals surface area contributed by atoms with Gasteiger partial charge in [-0.3, -0.25) is 14.5 Å². The van der Waals surface area contributed by atoms with Crippen LogP contribution in [0.1, 0.15) is 35.7 Å². The van der Waals surface area contributed by atoms with Gasteiger partial charge in [-0.1, -0.05) is 25.1 Å². The SMILES string of the molecule is CCC(Cc1ccccc1N(C)C)C(=O)c1ccc(N2CCN(CCC(=O)O)CC2)cc1. The molecule has 2 aromatic rings. The summed E-state index contributed by atoms with van der Waals surface area (Å²) >= 11 is 0. The summed E-state index contributed by atoms with van der Waals surface area (Å²) in [7, 11) is 4.07. The third-order valence-corrected chi connectivity index (χ3v) is 6.33. The van der Waals surface area contributed by atoms with Crippen LogP contribution >= 0.6 is 0 Å². The lowest BCUT2D eigenvalue weighted by molar-refractivity contribution is -0.137. The highest BCUT2D eigenvalue weighted by molar-refractivity contribution is 5.98. The van der Waals surface area contributed by atoms with E-state index in [1.165, 1.54) is 5.56 Å². The Morgan fingerprint density at radius 3 is 2.25 bits per heavy atom. The number of nitrogens with zero attached hydrogens (tertiary/aromatic N) is 3. The van der Waals surface area contributed by atoms with E-state index in [4.69, 9.17) is 5.11 Å². The topological polar surface area (TPSA) is 64.1 Å². The summed E-state index contributed by atoms with van der Waals surface area (Å²) in [6, 6.07) is 16.3. The van der Waals surface area contributed by atoms with Crippen LogP contribution in [-0.2, 0) is 11.2 Å². The zero-order chi connectivity index (χ0) is 23.1. The Balaban J connectivity index is 1.61. The van der Waals surface area contributed by atoms with Gasteiger partial charge in [0.1, 0.15) is 0 Å². The quantitative estimate of drug-likeness (QED) is 0.571. The van der Waals surface area contributed by atoms with E-state index in [0.29, 0.717) is 6.54 Å². The minimum atomic E-state index is -0.747. The molecule has 3 rings (SSSR count). The van der Waals surface area contributed by atoms with E-state index in [9.17, 15) is 9.59 Å². The molecule has 6 heteroatoms. The number of carboxylic acids is 1. The lowest BCUT2D eigenvalue weighted by atomic mass is 9.88. The van der Waals surface area contributed by atoms with E-state index in [-0.39, 0.29) is 18.1 Å². The largest absolute Gasteiger partial charge is 0.481 e. The molecule has 1 aliphatic heterocycles. The standard InChI is InChI=1S/C26H35N3O3/c1-4-20(19-22-7-5-6-8-24(22)27(2)3)26(32)21-9-11-23(12-10-21)29-17-15-28(16-18-29)14-13-25(30)31/h5-12,20H,4,13-19H2,1-3H3,(H,30,31). The van der Waals surface area contributed by atoms with E-state index in [1.54, 1.807) is 0 Å². The Bertz CT molecular complexity index is 903. The molecule has 1 unspecified atom stereocenters. The smallest absolute Gasteiger partial charge is 0.304 e. The fraction of sp³-hybridized carbons (Fsp3) is 0.462. The number of para-hydroxylation sites is 1. The van der Waals surface area contributed by atoms with Gasteiger partial charge in [0.05, 0.1) is 6.42 Å². The maximum Gasteiger partial charge on any atom is 0.304 e. The molecule has 1 saturated heterocycles. The summed E-state index contributed by atoms with van der Waals surface area (Å²) in [6.07, 6.45) is 1.73. The van der Waals surface area contributed by atoms with Crippen LogP contribution in [0.25, 0.3) is 0 Å². The number of ketones is 1. The van der Waals surface area contributed by atoms with Crippen molar-refractivity contribution in [1.29, 1.82) is 0 Å². The summed E-state index contributed by atoms with van der Waals surface area (Å²) in [5.41, 5.74) is 4.25. The van der Waals surface area contributed by atoms with Gasteiger partial charge >= 0.3 is 5.97 Å². The molecule has 1 aliphatic rings. The molecule has 0 saturated carbocycles. The minimum Gasteiger partial charge on any atom is -0.481 e. The molecule has 0 spiro atoms. The van der Waals surface area contributed by atoms with Crippen molar-refractivity contribution in [2.75, 3.05) is 56.6 Å². The Labute approximate surface area is 191 Å². The van der Waals surface area contributed by atoms with Crippen LogP contribution in [0.15, 0.2) is 48.5 Å². The van der Waals surface area contributed by atoms with Crippen LogP contribution in [0.2, 0.25) is 0 Å². The number of carboxylic acid groups (broad SMARTS) is 1. The zero-order valence-corrected chi connectivity index (χ0v) is 19.5. The van der Waals surface area contributed by atoms with Crippen molar-refractivity contribution < 1.29 is 14.7 Å². The van der Waals surface area contributed by atoms with Gasteiger partial charge in [0.2, 0.25) is 0 Å². The third kappa shape index (κ3) is 6.10. The zero-order valence-electron chi connectivity index (χ0n) is 19.5. The van der Waals surface area contributed by atoms with Crippen molar-refractivity contribution >= 4 is 23.1 Å². The first kappa shape index (κ1) is 23.8. The number of hydrogen-bond donors (Lipinski definition) is 1. The third-order valence-electron chi connectivity index (χ3n) is 6.33. The van der Waals surface area contributed by atoms with E-state index in [0.717, 1.165) is 56.0 Å². The number of piperazine rings is 1. The molecule has 1 heterocycles. The first-order chi connectivity index (χ1) is 15.4. The molecular weight excluding hydrogens is 402 g/mol. The van der Waals surface area contributed by atoms with Gasteiger partial charge < -0.3 is 14.9 Å². The molecule has 2 aromatic carbocycles. The highest BCUT2D eigenvalue weighted by Crippen LogP contribution is 2.26. The molecule has 32 heavy (non-hydrogen) atoms. The minimum absolute atomic E-state index is 0.0419. The first-order valence-corrected chi connectivity index (χ1v) is 11.5. The fourth-order valence-electron chi connectivity index (χ4n) is 4.36. The van der Waals surface area contributed by atoms with E-state index in [1.807, 2.05) is 50.5 Å². The lowest BCUT2D eigenvalue weighted by Gasteiger charge is -2.36. The molecule has 1 fully saturated rings. The maximum atomic E-state index is 13.2. The Morgan fingerprint density at radius 1 is 1.00 bits per heavy atom. The second kappa shape index (κ2) is 11.1. The Hall–Kier alpha value is -2.86. The van der Waals surface area contributed by atoms with Crippen LogP contribution < -0.4 is 9.80 Å². The summed E-state index contributed by atoms with van der Waals surface area (Å²) in [6.45, 7) is 6.14. The van der Waals surface area contributed by atoms with Crippen molar-refractivity contribution in [3.63, 3.8) is 0 Å². The molecule has 172 valence electrons. The number of benzene rings is 2. The molecule has 0 bridgehead atoms. The Morgan fingerprint density at radius 2 is 1.66 bits per heavy atom. The number of hydrogen-bond acceptors (Lipinski definition) is 5. The Kier molecular flexibility index (Phi) is 8.28. The number of carbonyl (C=O) groups is 2. The predicted molar refractivity (Wildman–Crippen MR) is 130 cm³/mol. The number of carbonyl (C=O) groups excluding carboxylic acids is 1. The molecule has 1 N–H and O–H groups in total. The first-order valence-electron chi connectivity index (χ1n) is 11.5. The summed E-state index contributed by atoms with van der Waals surface area (Å²) in [5, 5.41) is 8.86. The highest BCUT2D eigenvalue weighted by atomic mass is 16.4. The van der Waals surface area contributed by atoms with Gasteiger partial charge in [-0.15, -0.1) is 0 Å². The average molecular weight is 438 g/mol. The molecule has 0 aliphatic carbocycles. The van der Waals surface area contributed by atoms with Gasteiger partial charge in [0.25, 0.3) is 0 Å². The van der Waals surface area contributed by atoms with Crippen LogP contribution in [0.4, 0.5) is 11.4 Å². The molecule has 1 atom stereocenters. The van der Waals surface area contributed by atoms with Gasteiger partial charge in [-0.25, -0.2) is 0 Å². The summed E-state index contributed by atoms with van der Waals surface area (Å²) in [4.78, 5) is 30.6. The van der Waals surface area contributed by atoms with Gasteiger partial charge in [0, 0.05) is 69.7 Å². The average Bonchev–Trinajstić information content (AvgIpc) is 2.81. The molecule has 0 amide bonds. The van der Waals surface area contributed by atoms with Crippen LogP contribution in [0.5, 0.6) is 0 Å². The summed E-state index contributed by atoms with van der Waals surface area (Å²) < 4.78 is 0. The molecular formula is C26H35N3O3. The second-order valence-electron chi connectivity index (χ2n) is 8.72. The van der Waals surface area contributed by atoms with E-state index < -0.39 is 5.97 Å². The number of Topliss-reactive ketones (excluding diaryl/α,β-unsaturated/α-hetero) is 1. The normalized spacial score (nSPS) is 15.4. The van der Waals surface area contributed by atoms with Crippen molar-refractivity contribution in [3.05, 3.63) is 59.7 Å². The molecule has 0 aromatic heterocycles. The number of anilines is 2. The van der Waals surface area contributed by atoms with Crippen molar-refractivity contribution in [3.8, 4) is 0 Å². The second-order valence-corrected chi connectivity index (χ2v) is 8.72. The number of aliphatic carboxylic acids is 1. The predicted octanol–water partition coefficient (Wildman–Crippen LogP) is 3.80. The van der Waals surface area contributed by atoms with Crippen LogP contribution in [0, 0.1) is 5.92 Å². The monoisotopic (exact) mass is 437 g/mol. The van der Waals surface area contributed by atoms with E-state index >= 15 is 0 Å². The van der Waals surface area contributed by atoms with Crippen LogP contribution in [0.3, 0.4) is 0 Å². The van der Waals surface area contributed by atoms with Gasteiger partial charge in [-0.2, -0.15) is 0 Å². The summed E-state index contributed by atoms with van der Waals surface area (Å²) in [5.74, 6) is -0.589. The number of rotatable bonds is 10. The van der Waals surface area contributed by atoms with Crippen molar-refractivity contribution in [2.45, 2.75) is 26.2 Å². The van der Waals surface area contributed by atoms with Crippen molar-refractivity contribution in [1.82, 2.24) is 4.90 Å². The van der Waals surface area contributed by atoms with Crippen molar-refractivity contribution in [2.24, 2.45) is 5.92 Å². The van der Waals surface area contributed by atoms with Gasteiger partial charge in [0.15, 0.2) is 5.78 Å². The lowest BCUT2D eigenvalue weighted by Crippen LogP contribution is -2.46. The molecule has 6 nitrogen and oxygen atoms in total. The fourth-order valence-corrected chi connectivity index (χ4v) is 4.36. The highest BCUT2D eigenvalue weighted by Gasteiger charge is 2.22. The molecule has 0 radical (unpaired) electrons. The maximum absolute atomic E-state index is 13.2. The van der Waals surface area contributed by atoms with Crippen LogP contribution in [-0.4, -0.2) is 68.6 Å².